The second-order valence-electron chi connectivity index (χ2n) is 5.59. The highest BCUT2D eigenvalue weighted by atomic mass is 16.3. The van der Waals surface area contributed by atoms with Gasteiger partial charge in [0.15, 0.2) is 0 Å². The van der Waals surface area contributed by atoms with Gasteiger partial charge in [0, 0.05) is 24.2 Å². The highest BCUT2D eigenvalue weighted by Crippen LogP contribution is 2.29. The molecule has 5 nitrogen and oxygen atoms in total. The summed E-state index contributed by atoms with van der Waals surface area (Å²) in [5.74, 6) is 1.93. The number of aliphatic hydroxyl groups excluding tert-OH is 1. The van der Waals surface area contributed by atoms with Crippen molar-refractivity contribution in [2.75, 3.05) is 11.9 Å². The van der Waals surface area contributed by atoms with E-state index in [1.165, 1.54) is 11.8 Å². The van der Waals surface area contributed by atoms with Crippen LogP contribution in [-0.2, 0) is 9.59 Å². The maximum Gasteiger partial charge on any atom is 0.251 e. The molecule has 0 spiro atoms. The van der Waals surface area contributed by atoms with Crippen LogP contribution in [0.3, 0.4) is 0 Å². The van der Waals surface area contributed by atoms with Crippen LogP contribution in [0.2, 0.25) is 0 Å². The number of hydrogen-bond acceptors (Lipinski definition) is 3. The van der Waals surface area contributed by atoms with E-state index in [0.29, 0.717) is 11.3 Å². The first-order valence-electron chi connectivity index (χ1n) is 7.26. The topological polar surface area (TPSA) is 69.6 Å². The molecule has 1 fully saturated rings. The first kappa shape index (κ1) is 16.1. The van der Waals surface area contributed by atoms with Gasteiger partial charge in [-0.25, -0.2) is 0 Å². The van der Waals surface area contributed by atoms with Gasteiger partial charge in [-0.15, -0.1) is 6.42 Å². The standard InChI is InChI=1S/C17H20N2O3/c1-4-12-6-5-7-14(10-12)19(3)17(22)15(11(2)20)18-16(21)13-8-9-13/h1,5-7,10-11,13,15,20H,8-9H2,2-3H3,(H,18,21). The van der Waals surface area contributed by atoms with Crippen molar-refractivity contribution in [3.05, 3.63) is 29.8 Å². The van der Waals surface area contributed by atoms with Crippen molar-refractivity contribution < 1.29 is 14.7 Å². The molecule has 1 aromatic rings. The summed E-state index contributed by atoms with van der Waals surface area (Å²) < 4.78 is 0. The average Bonchev–Trinajstić information content (AvgIpc) is 3.35. The summed E-state index contributed by atoms with van der Waals surface area (Å²) in [6, 6.07) is 6.02. The first-order chi connectivity index (χ1) is 10.4. The van der Waals surface area contributed by atoms with Crippen LogP contribution in [0.25, 0.3) is 0 Å². The molecular formula is C17H20N2O3. The molecule has 2 atom stereocenters. The number of carbonyl (C=O) groups is 2. The van der Waals surface area contributed by atoms with Crippen molar-refractivity contribution in [1.29, 1.82) is 0 Å². The Morgan fingerprint density at radius 3 is 2.68 bits per heavy atom. The summed E-state index contributed by atoms with van der Waals surface area (Å²) >= 11 is 0. The van der Waals surface area contributed by atoms with Crippen LogP contribution in [0.1, 0.15) is 25.3 Å². The van der Waals surface area contributed by atoms with Crippen LogP contribution in [0.4, 0.5) is 5.69 Å². The van der Waals surface area contributed by atoms with E-state index in [0.717, 1.165) is 12.8 Å². The van der Waals surface area contributed by atoms with Crippen LogP contribution in [0.5, 0.6) is 0 Å². The van der Waals surface area contributed by atoms with E-state index in [1.807, 2.05) is 0 Å². The molecule has 2 rings (SSSR count). The first-order valence-corrected chi connectivity index (χ1v) is 7.26. The zero-order valence-electron chi connectivity index (χ0n) is 12.7. The minimum absolute atomic E-state index is 0.0240. The fraction of sp³-hybridized carbons (Fsp3) is 0.412. The third-order valence-corrected chi connectivity index (χ3v) is 3.73. The van der Waals surface area contributed by atoms with Gasteiger partial charge in [0.2, 0.25) is 5.91 Å². The second-order valence-corrected chi connectivity index (χ2v) is 5.59. The van der Waals surface area contributed by atoms with Gasteiger partial charge in [0.25, 0.3) is 5.91 Å². The van der Waals surface area contributed by atoms with Gasteiger partial charge >= 0.3 is 0 Å². The minimum Gasteiger partial charge on any atom is -0.391 e. The van der Waals surface area contributed by atoms with Gasteiger partial charge in [-0.05, 0) is 38.0 Å². The van der Waals surface area contributed by atoms with Gasteiger partial charge in [-0.1, -0.05) is 12.0 Å². The largest absolute Gasteiger partial charge is 0.391 e. The number of terminal acetylenes is 1. The van der Waals surface area contributed by atoms with Gasteiger partial charge < -0.3 is 15.3 Å². The molecule has 2 amide bonds. The van der Waals surface area contributed by atoms with Crippen molar-refractivity contribution >= 4 is 17.5 Å². The zero-order chi connectivity index (χ0) is 16.3. The number of amides is 2. The Morgan fingerprint density at radius 1 is 1.45 bits per heavy atom. The van der Waals surface area contributed by atoms with Gasteiger partial charge in [-0.3, -0.25) is 9.59 Å². The lowest BCUT2D eigenvalue weighted by Crippen LogP contribution is -2.53. The van der Waals surface area contributed by atoms with E-state index in [1.54, 1.807) is 31.3 Å². The SMILES string of the molecule is C#Cc1cccc(N(C)C(=O)C(NC(=O)C2CC2)C(C)O)c1. The Hall–Kier alpha value is -2.32. The summed E-state index contributed by atoms with van der Waals surface area (Å²) in [5.41, 5.74) is 1.28. The number of aliphatic hydroxyl groups is 1. The number of hydrogen-bond donors (Lipinski definition) is 2. The predicted molar refractivity (Wildman–Crippen MR) is 84.1 cm³/mol. The molecule has 0 aromatic heterocycles. The molecule has 2 N–H and O–H groups in total. The molecule has 0 saturated heterocycles. The van der Waals surface area contributed by atoms with Gasteiger partial charge in [-0.2, -0.15) is 0 Å². The molecule has 1 aromatic carbocycles. The van der Waals surface area contributed by atoms with E-state index >= 15 is 0 Å². The molecule has 2 unspecified atom stereocenters. The van der Waals surface area contributed by atoms with E-state index in [-0.39, 0.29) is 17.7 Å². The maximum atomic E-state index is 12.6. The maximum absolute atomic E-state index is 12.6. The fourth-order valence-electron chi connectivity index (χ4n) is 2.15. The summed E-state index contributed by atoms with van der Waals surface area (Å²) in [6.45, 7) is 1.49. The lowest BCUT2D eigenvalue weighted by atomic mass is 10.1. The number of rotatable bonds is 5. The highest BCUT2D eigenvalue weighted by molar-refractivity contribution is 5.99. The summed E-state index contributed by atoms with van der Waals surface area (Å²) in [7, 11) is 1.59. The minimum atomic E-state index is -0.978. The van der Waals surface area contributed by atoms with E-state index in [4.69, 9.17) is 6.42 Å². The fourth-order valence-corrected chi connectivity index (χ4v) is 2.15. The number of carbonyl (C=O) groups excluding carboxylic acids is 2. The predicted octanol–water partition coefficient (Wildman–Crippen LogP) is 0.906. The number of nitrogens with one attached hydrogen (secondary N) is 1. The third-order valence-electron chi connectivity index (χ3n) is 3.73. The Balaban J connectivity index is 2.14. The van der Waals surface area contributed by atoms with Gasteiger partial charge in [0.05, 0.1) is 6.10 Å². The monoisotopic (exact) mass is 300 g/mol. The quantitative estimate of drug-likeness (QED) is 0.794. The molecule has 0 heterocycles. The Kier molecular flexibility index (Phi) is 4.84. The van der Waals surface area contributed by atoms with Crippen LogP contribution in [0.15, 0.2) is 24.3 Å². The summed E-state index contributed by atoms with van der Waals surface area (Å²) in [5, 5.41) is 12.5. The third kappa shape index (κ3) is 3.66. The van der Waals surface area contributed by atoms with Crippen molar-refractivity contribution in [2.24, 2.45) is 5.92 Å². The molecular weight excluding hydrogens is 280 g/mol. The Labute approximate surface area is 130 Å². The van der Waals surface area contributed by atoms with Crippen molar-refractivity contribution in [1.82, 2.24) is 5.32 Å². The van der Waals surface area contributed by atoms with Crippen molar-refractivity contribution in [2.45, 2.75) is 31.9 Å². The highest BCUT2D eigenvalue weighted by Gasteiger charge is 2.35. The van der Waals surface area contributed by atoms with Crippen molar-refractivity contribution in [3.8, 4) is 12.3 Å². The second kappa shape index (κ2) is 6.63. The van der Waals surface area contributed by atoms with Crippen molar-refractivity contribution in [3.63, 3.8) is 0 Å². The number of nitrogens with zero attached hydrogens (tertiary/aromatic N) is 1. The molecule has 1 saturated carbocycles. The van der Waals surface area contributed by atoms with E-state index in [2.05, 4.69) is 11.2 Å². The summed E-state index contributed by atoms with van der Waals surface area (Å²) in [6.07, 6.45) is 6.06. The molecule has 0 bridgehead atoms. The zero-order valence-corrected chi connectivity index (χ0v) is 12.7. The molecule has 116 valence electrons. The number of likely N-dealkylation sites (N-methyl/N-ethyl adjacent to an activating group) is 1. The number of benzene rings is 1. The molecule has 22 heavy (non-hydrogen) atoms. The van der Waals surface area contributed by atoms with E-state index in [9.17, 15) is 14.7 Å². The summed E-state index contributed by atoms with van der Waals surface area (Å²) in [4.78, 5) is 25.8. The normalized spacial score (nSPS) is 16.3. The molecule has 5 heteroatoms. The molecule has 0 aliphatic heterocycles. The number of anilines is 1. The van der Waals surface area contributed by atoms with Crippen LogP contribution in [-0.4, -0.2) is 36.1 Å². The molecule has 1 aliphatic carbocycles. The Bertz CT molecular complexity index is 615. The average molecular weight is 300 g/mol. The van der Waals surface area contributed by atoms with Gasteiger partial charge in [0.1, 0.15) is 6.04 Å². The van der Waals surface area contributed by atoms with Crippen LogP contribution < -0.4 is 10.2 Å². The molecule has 0 radical (unpaired) electrons. The lowest BCUT2D eigenvalue weighted by Gasteiger charge is -2.26. The van der Waals surface area contributed by atoms with Crippen LogP contribution in [0, 0.1) is 18.3 Å². The molecule has 1 aliphatic rings. The lowest BCUT2D eigenvalue weighted by molar-refractivity contribution is -0.130. The van der Waals surface area contributed by atoms with Crippen LogP contribution >= 0.6 is 0 Å². The Morgan fingerprint density at radius 2 is 2.14 bits per heavy atom. The van der Waals surface area contributed by atoms with E-state index < -0.39 is 12.1 Å². The smallest absolute Gasteiger partial charge is 0.251 e.